The molecule has 0 spiro atoms. The topological polar surface area (TPSA) is 98.4 Å². The van der Waals surface area contributed by atoms with Crippen LogP contribution in [0.1, 0.15) is 64.4 Å². The van der Waals surface area contributed by atoms with E-state index in [0.717, 1.165) is 42.0 Å². The van der Waals surface area contributed by atoms with Crippen molar-refractivity contribution < 1.29 is 18.7 Å². The van der Waals surface area contributed by atoms with Crippen molar-refractivity contribution in [2.24, 2.45) is 11.1 Å². The molecular weight excluding hydrogens is 399 g/mol. The van der Waals surface area contributed by atoms with E-state index in [2.05, 4.69) is 24.5 Å². The van der Waals surface area contributed by atoms with Gasteiger partial charge in [-0.25, -0.2) is 4.39 Å². The molecule has 1 aromatic carbocycles. The van der Waals surface area contributed by atoms with Crippen LogP contribution >= 0.6 is 0 Å². The Morgan fingerprint density at radius 2 is 2.10 bits per heavy atom. The molecule has 8 heteroatoms. The first-order valence-corrected chi connectivity index (χ1v) is 10.7. The quantitative estimate of drug-likeness (QED) is 0.698. The molecular formula is C23H27FN4O3. The summed E-state index contributed by atoms with van der Waals surface area (Å²) in [5, 5.41) is 6.55. The number of halogens is 1. The van der Waals surface area contributed by atoms with Crippen LogP contribution < -0.4 is 16.4 Å². The first-order valence-electron chi connectivity index (χ1n) is 10.7. The Morgan fingerprint density at radius 3 is 2.81 bits per heavy atom. The number of hydrogen-bond donors (Lipinski definition) is 3. The number of ether oxygens (including phenoxy) is 1. The fraction of sp³-hybridized carbons (Fsp3) is 0.478. The molecule has 1 aliphatic carbocycles. The highest BCUT2D eigenvalue weighted by Crippen LogP contribution is 2.42. The number of primary amides is 1. The van der Waals surface area contributed by atoms with Crippen molar-refractivity contribution in [1.82, 2.24) is 9.88 Å². The maximum absolute atomic E-state index is 15.2. The zero-order chi connectivity index (χ0) is 21.9. The van der Waals surface area contributed by atoms with Crippen LogP contribution in [-0.2, 0) is 24.4 Å². The maximum atomic E-state index is 15.2. The molecule has 1 fully saturated rings. The molecule has 1 saturated heterocycles. The molecule has 4 N–H and O–H groups in total. The van der Waals surface area contributed by atoms with E-state index in [1.54, 1.807) is 6.07 Å². The molecule has 164 valence electrons. The Bertz CT molecular complexity index is 1100. The third-order valence-electron chi connectivity index (χ3n) is 6.53. The molecule has 3 aliphatic rings. The van der Waals surface area contributed by atoms with Crippen molar-refractivity contribution in [1.29, 1.82) is 0 Å². The zero-order valence-electron chi connectivity index (χ0n) is 17.8. The van der Waals surface area contributed by atoms with Crippen LogP contribution in [0.25, 0.3) is 5.69 Å². The number of anilines is 1. The summed E-state index contributed by atoms with van der Waals surface area (Å²) in [6, 6.07) is 3.19. The van der Waals surface area contributed by atoms with Crippen LogP contribution in [0.2, 0.25) is 0 Å². The molecule has 0 saturated carbocycles. The van der Waals surface area contributed by atoms with E-state index in [0.29, 0.717) is 37.4 Å². The van der Waals surface area contributed by atoms with Crippen LogP contribution in [0, 0.1) is 11.2 Å². The van der Waals surface area contributed by atoms with Crippen LogP contribution in [0.4, 0.5) is 10.1 Å². The molecule has 5 rings (SSSR count). The number of fused-ring (bicyclic) bond motifs is 3. The number of amides is 1. The number of carbonyl (C=O) groups excluding carboxylic acids is 2. The molecule has 0 radical (unpaired) electrons. The minimum Gasteiger partial charge on any atom is -0.380 e. The zero-order valence-corrected chi connectivity index (χ0v) is 17.8. The van der Waals surface area contributed by atoms with Crippen LogP contribution in [-0.4, -0.2) is 35.4 Å². The predicted molar refractivity (Wildman–Crippen MR) is 114 cm³/mol. The second-order valence-electron chi connectivity index (χ2n) is 9.56. The lowest BCUT2D eigenvalue weighted by molar-refractivity contribution is 0.0900. The number of nitrogens with two attached hydrogens (primary N) is 1. The summed E-state index contributed by atoms with van der Waals surface area (Å²) in [6.07, 6.45) is 2.05. The lowest BCUT2D eigenvalue weighted by atomic mass is 9.75. The summed E-state index contributed by atoms with van der Waals surface area (Å²) < 4.78 is 22.8. The Hall–Kier alpha value is -2.71. The van der Waals surface area contributed by atoms with Gasteiger partial charge in [0, 0.05) is 35.8 Å². The molecule has 1 aromatic heterocycles. The third kappa shape index (κ3) is 3.34. The van der Waals surface area contributed by atoms with Gasteiger partial charge in [0.25, 0.3) is 5.91 Å². The number of rotatable bonds is 4. The van der Waals surface area contributed by atoms with Gasteiger partial charge in [-0.15, -0.1) is 0 Å². The fourth-order valence-electron chi connectivity index (χ4n) is 5.22. The van der Waals surface area contributed by atoms with Gasteiger partial charge in [-0.1, -0.05) is 13.8 Å². The molecule has 7 nitrogen and oxygen atoms in total. The summed E-state index contributed by atoms with van der Waals surface area (Å²) in [7, 11) is 0. The smallest absolute Gasteiger partial charge is 0.253 e. The summed E-state index contributed by atoms with van der Waals surface area (Å²) >= 11 is 0. The molecule has 0 bridgehead atoms. The van der Waals surface area contributed by atoms with Gasteiger partial charge >= 0.3 is 0 Å². The summed E-state index contributed by atoms with van der Waals surface area (Å²) in [5.74, 6) is -1.37. The molecule has 1 amide bonds. The van der Waals surface area contributed by atoms with Crippen LogP contribution in [0.15, 0.2) is 12.1 Å². The van der Waals surface area contributed by atoms with E-state index in [4.69, 9.17) is 10.5 Å². The lowest BCUT2D eigenvalue weighted by Crippen LogP contribution is -2.29. The van der Waals surface area contributed by atoms with Crippen molar-refractivity contribution in [2.45, 2.75) is 52.4 Å². The number of carbonyl (C=O) groups is 2. The second kappa shape index (κ2) is 7.17. The van der Waals surface area contributed by atoms with Gasteiger partial charge in [0.1, 0.15) is 5.82 Å². The molecule has 1 atom stereocenters. The number of ketones is 1. The minimum atomic E-state index is -0.808. The first-order chi connectivity index (χ1) is 14.7. The van der Waals surface area contributed by atoms with Gasteiger partial charge in [-0.05, 0) is 36.9 Å². The van der Waals surface area contributed by atoms with E-state index in [-0.39, 0.29) is 22.8 Å². The van der Waals surface area contributed by atoms with Crippen LogP contribution in [0.5, 0.6) is 0 Å². The molecule has 3 heterocycles. The summed E-state index contributed by atoms with van der Waals surface area (Å²) in [5.41, 5.74) is 9.55. The fourth-order valence-corrected chi connectivity index (χ4v) is 5.22. The van der Waals surface area contributed by atoms with E-state index in [1.165, 1.54) is 6.07 Å². The first kappa shape index (κ1) is 20.2. The number of nitrogens with zero attached hydrogens (tertiary/aromatic N) is 1. The number of Topliss-reactive ketones (excluding diaryl/α,β-unsaturated/α-hetero) is 1. The maximum Gasteiger partial charge on any atom is 0.253 e. The summed E-state index contributed by atoms with van der Waals surface area (Å²) in [4.78, 5) is 25.0. The Morgan fingerprint density at radius 1 is 1.29 bits per heavy atom. The molecule has 2 aliphatic heterocycles. The number of aromatic nitrogens is 1. The highest BCUT2D eigenvalue weighted by Gasteiger charge is 2.39. The van der Waals surface area contributed by atoms with E-state index in [1.807, 2.05) is 4.57 Å². The second-order valence-corrected chi connectivity index (χ2v) is 9.56. The van der Waals surface area contributed by atoms with Crippen molar-refractivity contribution in [3.63, 3.8) is 0 Å². The lowest BCUT2D eigenvalue weighted by Gasteiger charge is -2.30. The van der Waals surface area contributed by atoms with Crippen molar-refractivity contribution in [3.05, 3.63) is 46.0 Å². The SMILES string of the molecule is CC1(C)CC(=O)c2c3c(n(-c4cc(F)c(C(N)=O)c(N[C@H]5CCNC5)c4)c2C1)COC3. The van der Waals surface area contributed by atoms with E-state index in [9.17, 15) is 9.59 Å². The van der Waals surface area contributed by atoms with Gasteiger partial charge < -0.3 is 25.7 Å². The van der Waals surface area contributed by atoms with Gasteiger partial charge in [0.15, 0.2) is 5.78 Å². The molecule has 2 aromatic rings. The highest BCUT2D eigenvalue weighted by molar-refractivity contribution is 6.01. The molecule has 0 unspecified atom stereocenters. The minimum absolute atomic E-state index is 0.0842. The van der Waals surface area contributed by atoms with E-state index >= 15 is 4.39 Å². The normalized spacial score (nSPS) is 21.8. The molecule has 31 heavy (non-hydrogen) atoms. The van der Waals surface area contributed by atoms with Crippen molar-refractivity contribution in [2.75, 3.05) is 18.4 Å². The highest BCUT2D eigenvalue weighted by atomic mass is 19.1. The Kier molecular flexibility index (Phi) is 4.67. The monoisotopic (exact) mass is 426 g/mol. The van der Waals surface area contributed by atoms with Crippen molar-refractivity contribution >= 4 is 17.4 Å². The Balaban J connectivity index is 1.69. The standard InChI is InChI=1S/C23H27FN4O3/c1-23(2)7-17-20(19(29)8-23)14-10-31-11-18(14)28(17)13-5-15(24)21(22(25)30)16(6-13)27-12-3-4-26-9-12/h5-6,12,26-27H,3-4,7-11H2,1-2H3,(H2,25,30)/t12-/m0/s1. The average Bonchev–Trinajstić information content (AvgIpc) is 3.36. The van der Waals surface area contributed by atoms with Crippen LogP contribution in [0.3, 0.4) is 0 Å². The number of nitrogens with one attached hydrogen (secondary N) is 2. The third-order valence-corrected chi connectivity index (χ3v) is 6.53. The van der Waals surface area contributed by atoms with Gasteiger partial charge in [-0.3, -0.25) is 9.59 Å². The van der Waals surface area contributed by atoms with Gasteiger partial charge in [0.05, 0.1) is 35.8 Å². The largest absolute Gasteiger partial charge is 0.380 e. The average molecular weight is 426 g/mol. The Labute approximate surface area is 180 Å². The van der Waals surface area contributed by atoms with Gasteiger partial charge in [0.2, 0.25) is 0 Å². The number of hydrogen-bond acceptors (Lipinski definition) is 5. The number of benzene rings is 1. The van der Waals surface area contributed by atoms with Crippen molar-refractivity contribution in [3.8, 4) is 5.69 Å². The summed E-state index contributed by atoms with van der Waals surface area (Å²) in [6.45, 7) is 6.49. The van der Waals surface area contributed by atoms with E-state index < -0.39 is 11.7 Å². The van der Waals surface area contributed by atoms with Gasteiger partial charge in [-0.2, -0.15) is 0 Å². The predicted octanol–water partition coefficient (Wildman–Crippen LogP) is 2.67.